The molecule has 0 aliphatic rings. The normalized spacial score (nSPS) is 10.6. The van der Waals surface area contributed by atoms with Crippen molar-refractivity contribution in [2.45, 2.75) is 6.42 Å². The number of carbonyl (C=O) groups excluding carboxylic acids is 1. The Morgan fingerprint density at radius 2 is 1.74 bits per heavy atom. The zero-order chi connectivity index (χ0) is 21.5. The van der Waals surface area contributed by atoms with Crippen molar-refractivity contribution in [1.29, 1.82) is 0 Å². The summed E-state index contributed by atoms with van der Waals surface area (Å²) < 4.78 is 1.74. The van der Waals surface area contributed by atoms with Crippen LogP contribution in [0.1, 0.15) is 16.8 Å². The summed E-state index contributed by atoms with van der Waals surface area (Å²) in [6, 6.07) is 23.7. The van der Waals surface area contributed by atoms with Crippen LogP contribution in [0.5, 0.6) is 0 Å². The molecule has 0 fully saturated rings. The van der Waals surface area contributed by atoms with Crippen LogP contribution in [-0.4, -0.2) is 40.8 Å². The van der Waals surface area contributed by atoms with Gasteiger partial charge in [-0.1, -0.05) is 36.4 Å². The molecule has 0 spiro atoms. The summed E-state index contributed by atoms with van der Waals surface area (Å²) in [5.41, 5.74) is 4.03. The number of hydrogen-bond acceptors (Lipinski definition) is 4. The molecule has 0 unspecified atom stereocenters. The smallest absolute Gasteiger partial charge is 0.255 e. The van der Waals surface area contributed by atoms with E-state index < -0.39 is 0 Å². The molecule has 0 saturated carbocycles. The van der Waals surface area contributed by atoms with Gasteiger partial charge in [-0.15, -0.1) is 0 Å². The average Bonchev–Trinajstić information content (AvgIpc) is 3.29. The lowest BCUT2D eigenvalue weighted by Gasteiger charge is -2.19. The highest BCUT2D eigenvalue weighted by Gasteiger charge is 2.18. The topological polar surface area (TPSA) is 63.1 Å². The number of hydrogen-bond donors (Lipinski definition) is 1. The van der Waals surface area contributed by atoms with Crippen LogP contribution in [0.15, 0.2) is 91.4 Å². The van der Waals surface area contributed by atoms with Gasteiger partial charge in [0.15, 0.2) is 0 Å². The van der Waals surface area contributed by atoms with Crippen molar-refractivity contribution >= 4 is 11.6 Å². The van der Waals surface area contributed by atoms with Gasteiger partial charge < -0.3 is 10.2 Å². The third-order valence-electron chi connectivity index (χ3n) is 5.07. The second-order valence-electron chi connectivity index (χ2n) is 7.28. The summed E-state index contributed by atoms with van der Waals surface area (Å²) in [5, 5.41) is 7.72. The number of amides is 1. The molecule has 156 valence electrons. The summed E-state index contributed by atoms with van der Waals surface area (Å²) in [6.45, 7) is 1.43. The maximum Gasteiger partial charge on any atom is 0.255 e. The van der Waals surface area contributed by atoms with Gasteiger partial charge in [0.25, 0.3) is 5.91 Å². The van der Waals surface area contributed by atoms with Gasteiger partial charge in [0.1, 0.15) is 5.69 Å². The first-order valence-electron chi connectivity index (χ1n) is 10.3. The Balaban J connectivity index is 1.46. The van der Waals surface area contributed by atoms with Crippen molar-refractivity contribution in [2.24, 2.45) is 0 Å². The Morgan fingerprint density at radius 3 is 2.45 bits per heavy atom. The number of rotatable bonds is 8. The number of aromatic nitrogens is 3. The summed E-state index contributed by atoms with van der Waals surface area (Å²) >= 11 is 0. The van der Waals surface area contributed by atoms with Gasteiger partial charge in [-0.25, -0.2) is 4.68 Å². The van der Waals surface area contributed by atoms with E-state index in [9.17, 15) is 4.79 Å². The van der Waals surface area contributed by atoms with Crippen LogP contribution < -0.4 is 10.2 Å². The first-order chi connectivity index (χ1) is 15.2. The Hall–Kier alpha value is -3.93. The lowest BCUT2D eigenvalue weighted by atomic mass is 10.1. The summed E-state index contributed by atoms with van der Waals surface area (Å²) in [5.74, 6) is -0.136. The predicted octanol–water partition coefficient (Wildman–Crippen LogP) is 4.19. The van der Waals surface area contributed by atoms with Gasteiger partial charge in [-0.2, -0.15) is 5.10 Å². The molecule has 2 heterocycles. The SMILES string of the molecule is CN(CCCNC(=O)c1cn(-c2ccccc2)nc1-c1cccnc1)c1ccccc1. The fraction of sp³-hybridized carbons (Fsp3) is 0.160. The van der Waals surface area contributed by atoms with E-state index in [0.29, 0.717) is 17.8 Å². The molecule has 4 rings (SSSR count). The number of anilines is 1. The molecular formula is C25H25N5O. The van der Waals surface area contributed by atoms with Crippen molar-refractivity contribution in [3.05, 3.63) is 97.0 Å². The van der Waals surface area contributed by atoms with E-state index in [-0.39, 0.29) is 5.91 Å². The van der Waals surface area contributed by atoms with Crippen molar-refractivity contribution < 1.29 is 4.79 Å². The first kappa shape index (κ1) is 20.3. The Labute approximate surface area is 182 Å². The van der Waals surface area contributed by atoms with Gasteiger partial charge in [-0.05, 0) is 42.8 Å². The summed E-state index contributed by atoms with van der Waals surface area (Å²) in [7, 11) is 2.06. The number of nitrogens with one attached hydrogen (secondary N) is 1. The number of pyridine rings is 1. The number of benzene rings is 2. The van der Waals surface area contributed by atoms with E-state index in [1.807, 2.05) is 60.7 Å². The van der Waals surface area contributed by atoms with Gasteiger partial charge in [0.05, 0.1) is 11.3 Å². The van der Waals surface area contributed by atoms with Crippen molar-refractivity contribution in [1.82, 2.24) is 20.1 Å². The fourth-order valence-corrected chi connectivity index (χ4v) is 3.39. The highest BCUT2D eigenvalue weighted by Crippen LogP contribution is 2.23. The Morgan fingerprint density at radius 1 is 1.00 bits per heavy atom. The van der Waals surface area contributed by atoms with Crippen molar-refractivity contribution in [3.8, 4) is 16.9 Å². The lowest BCUT2D eigenvalue weighted by molar-refractivity contribution is 0.0954. The molecule has 2 aromatic heterocycles. The van der Waals surface area contributed by atoms with Crippen molar-refractivity contribution in [2.75, 3.05) is 25.0 Å². The molecule has 0 bridgehead atoms. The van der Waals surface area contributed by atoms with E-state index >= 15 is 0 Å². The molecule has 0 radical (unpaired) electrons. The van der Waals surface area contributed by atoms with E-state index in [1.165, 1.54) is 0 Å². The van der Waals surface area contributed by atoms with Crippen LogP contribution in [0.2, 0.25) is 0 Å². The molecule has 0 aliphatic carbocycles. The maximum atomic E-state index is 13.0. The minimum absolute atomic E-state index is 0.136. The Bertz CT molecular complexity index is 1110. The fourth-order valence-electron chi connectivity index (χ4n) is 3.39. The largest absolute Gasteiger partial charge is 0.375 e. The van der Waals surface area contributed by atoms with Gasteiger partial charge in [0, 0.05) is 50.0 Å². The highest BCUT2D eigenvalue weighted by molar-refractivity contribution is 5.99. The molecule has 1 N–H and O–H groups in total. The number of nitrogens with zero attached hydrogens (tertiary/aromatic N) is 4. The third kappa shape index (κ3) is 4.98. The van der Waals surface area contributed by atoms with E-state index in [0.717, 1.165) is 29.9 Å². The van der Waals surface area contributed by atoms with Gasteiger partial charge in [-0.3, -0.25) is 9.78 Å². The minimum atomic E-state index is -0.136. The quantitative estimate of drug-likeness (QED) is 0.442. The molecule has 6 heteroatoms. The monoisotopic (exact) mass is 411 g/mol. The van der Waals surface area contributed by atoms with E-state index in [4.69, 9.17) is 0 Å². The predicted molar refractivity (Wildman–Crippen MR) is 123 cm³/mol. The molecule has 0 saturated heterocycles. The maximum absolute atomic E-state index is 13.0. The van der Waals surface area contributed by atoms with Gasteiger partial charge in [0.2, 0.25) is 0 Å². The molecule has 2 aromatic carbocycles. The van der Waals surface area contributed by atoms with Crippen LogP contribution in [0, 0.1) is 0 Å². The second kappa shape index (κ2) is 9.71. The minimum Gasteiger partial charge on any atom is -0.375 e. The molecule has 1 amide bonds. The molecule has 31 heavy (non-hydrogen) atoms. The van der Waals surface area contributed by atoms with Crippen molar-refractivity contribution in [3.63, 3.8) is 0 Å². The zero-order valence-corrected chi connectivity index (χ0v) is 17.5. The zero-order valence-electron chi connectivity index (χ0n) is 17.5. The highest BCUT2D eigenvalue weighted by atomic mass is 16.1. The molecule has 6 nitrogen and oxygen atoms in total. The molecular weight excluding hydrogens is 386 g/mol. The molecule has 0 aliphatic heterocycles. The van der Waals surface area contributed by atoms with E-state index in [1.54, 1.807) is 23.3 Å². The summed E-state index contributed by atoms with van der Waals surface area (Å²) in [4.78, 5) is 19.4. The first-order valence-corrected chi connectivity index (χ1v) is 10.3. The van der Waals surface area contributed by atoms with Gasteiger partial charge >= 0.3 is 0 Å². The van der Waals surface area contributed by atoms with E-state index in [2.05, 4.69) is 39.5 Å². The number of para-hydroxylation sites is 2. The van der Waals surface area contributed by atoms with Crippen LogP contribution >= 0.6 is 0 Å². The summed E-state index contributed by atoms with van der Waals surface area (Å²) in [6.07, 6.45) is 6.05. The molecule has 4 aromatic rings. The third-order valence-corrected chi connectivity index (χ3v) is 5.07. The second-order valence-corrected chi connectivity index (χ2v) is 7.28. The lowest BCUT2D eigenvalue weighted by Crippen LogP contribution is -2.28. The standard InChI is InChI=1S/C25H25N5O/c1-29(21-11-4-2-5-12-21)17-9-16-27-25(31)23-19-30(22-13-6-3-7-14-22)28-24(23)20-10-8-15-26-18-20/h2-8,10-15,18-19H,9,16-17H2,1H3,(H,27,31). The van der Waals surface area contributed by atoms with Crippen LogP contribution in [0.4, 0.5) is 5.69 Å². The van der Waals surface area contributed by atoms with Crippen LogP contribution in [0.25, 0.3) is 16.9 Å². The molecule has 0 atom stereocenters. The average molecular weight is 412 g/mol. The Kier molecular flexibility index (Phi) is 6.38. The number of carbonyl (C=O) groups is 1. The van der Waals surface area contributed by atoms with Crippen LogP contribution in [-0.2, 0) is 0 Å². The van der Waals surface area contributed by atoms with Crippen LogP contribution in [0.3, 0.4) is 0 Å².